The molecule has 0 unspecified atom stereocenters. The van der Waals surface area contributed by atoms with Crippen molar-refractivity contribution >= 4 is 6.29 Å². The molecule has 0 radical (unpaired) electrons. The predicted octanol–water partition coefficient (Wildman–Crippen LogP) is -3.55. The molecule has 0 fully saturated rings. The SMILES string of the molecule is C/C(C=O)=C\[O-].[K+]. The number of hydrogen-bond donors (Lipinski definition) is 0. The summed E-state index contributed by atoms with van der Waals surface area (Å²) in [6, 6.07) is 0. The molecule has 0 aromatic carbocycles. The van der Waals surface area contributed by atoms with Gasteiger partial charge in [0.2, 0.25) is 0 Å². The Bertz CT molecular complexity index is 77.8. The van der Waals surface area contributed by atoms with E-state index in [-0.39, 0.29) is 57.0 Å². The fourth-order valence-electron chi connectivity index (χ4n) is 0.0278. The minimum absolute atomic E-state index is 0. The summed E-state index contributed by atoms with van der Waals surface area (Å²) in [5.74, 6) is 0. The second kappa shape index (κ2) is 6.85. The van der Waals surface area contributed by atoms with Crippen LogP contribution in [0.1, 0.15) is 6.92 Å². The van der Waals surface area contributed by atoms with Gasteiger partial charge >= 0.3 is 51.4 Å². The average Bonchev–Trinajstić information content (AvgIpc) is 1.65. The van der Waals surface area contributed by atoms with Gasteiger partial charge in [0.05, 0.1) is 0 Å². The molecule has 0 aliphatic carbocycles. The van der Waals surface area contributed by atoms with Gasteiger partial charge in [-0.1, -0.05) is 0 Å². The van der Waals surface area contributed by atoms with Crippen molar-refractivity contribution in [3.63, 3.8) is 0 Å². The number of carbonyl (C=O) groups excluding carboxylic acids is 1. The van der Waals surface area contributed by atoms with Crippen LogP contribution in [0.5, 0.6) is 0 Å². The van der Waals surface area contributed by atoms with Gasteiger partial charge in [-0.25, -0.2) is 0 Å². The second-order valence-corrected chi connectivity index (χ2v) is 0.980. The molecule has 0 spiro atoms. The third kappa shape index (κ3) is 6.85. The van der Waals surface area contributed by atoms with E-state index in [0.29, 0.717) is 12.5 Å². The molecule has 0 saturated heterocycles. The molecule has 2 nitrogen and oxygen atoms in total. The second-order valence-electron chi connectivity index (χ2n) is 0.980. The van der Waals surface area contributed by atoms with E-state index < -0.39 is 0 Å². The molecule has 0 saturated carbocycles. The van der Waals surface area contributed by atoms with Crippen LogP contribution in [0.2, 0.25) is 0 Å². The zero-order valence-corrected chi connectivity index (χ0v) is 7.59. The Morgan fingerprint density at radius 2 is 2.14 bits per heavy atom. The van der Waals surface area contributed by atoms with Gasteiger partial charge in [-0.3, -0.25) is 4.79 Å². The molecule has 7 heavy (non-hydrogen) atoms. The molecule has 0 amide bonds. The molecule has 0 aromatic rings. The average molecular weight is 124 g/mol. The van der Waals surface area contributed by atoms with Gasteiger partial charge in [-0.05, 0) is 12.5 Å². The summed E-state index contributed by atoms with van der Waals surface area (Å²) in [6.45, 7) is 1.46. The Labute approximate surface area is 85.0 Å². The third-order valence-corrected chi connectivity index (χ3v) is 0.372. The van der Waals surface area contributed by atoms with Crippen molar-refractivity contribution in [2.24, 2.45) is 0 Å². The molecule has 0 aromatic heterocycles. The zero-order valence-electron chi connectivity index (χ0n) is 4.47. The van der Waals surface area contributed by atoms with Crippen molar-refractivity contribution in [2.45, 2.75) is 6.92 Å². The van der Waals surface area contributed by atoms with Crippen LogP contribution in [0, 0.1) is 0 Å². The quantitative estimate of drug-likeness (QED) is 0.157. The molecule has 0 rings (SSSR count). The Balaban J connectivity index is 0. The van der Waals surface area contributed by atoms with Crippen molar-refractivity contribution in [2.75, 3.05) is 0 Å². The Morgan fingerprint density at radius 1 is 1.71 bits per heavy atom. The van der Waals surface area contributed by atoms with E-state index in [1.165, 1.54) is 6.92 Å². The van der Waals surface area contributed by atoms with Crippen LogP contribution in [-0.2, 0) is 4.79 Å². The summed E-state index contributed by atoms with van der Waals surface area (Å²) in [5.41, 5.74) is 0.231. The van der Waals surface area contributed by atoms with Crippen LogP contribution in [0.15, 0.2) is 11.8 Å². The van der Waals surface area contributed by atoms with E-state index in [1.54, 1.807) is 0 Å². The predicted molar refractivity (Wildman–Crippen MR) is 19.8 cm³/mol. The van der Waals surface area contributed by atoms with E-state index in [4.69, 9.17) is 0 Å². The first kappa shape index (κ1) is 10.8. The van der Waals surface area contributed by atoms with Gasteiger partial charge < -0.3 is 5.11 Å². The van der Waals surface area contributed by atoms with Gasteiger partial charge in [0.15, 0.2) is 0 Å². The van der Waals surface area contributed by atoms with E-state index in [1.807, 2.05) is 0 Å². The molecule has 0 aliphatic rings. The van der Waals surface area contributed by atoms with Gasteiger partial charge in [0, 0.05) is 0 Å². The van der Waals surface area contributed by atoms with Crippen LogP contribution in [-0.4, -0.2) is 6.29 Å². The summed E-state index contributed by atoms with van der Waals surface area (Å²) in [7, 11) is 0. The first-order chi connectivity index (χ1) is 2.81. The van der Waals surface area contributed by atoms with Gasteiger partial charge in [0.1, 0.15) is 6.29 Å². The van der Waals surface area contributed by atoms with Crippen LogP contribution in [0.25, 0.3) is 0 Å². The van der Waals surface area contributed by atoms with Crippen LogP contribution in [0.3, 0.4) is 0 Å². The van der Waals surface area contributed by atoms with E-state index in [0.717, 1.165) is 0 Å². The van der Waals surface area contributed by atoms with E-state index in [9.17, 15) is 9.90 Å². The number of aldehydes is 1. The van der Waals surface area contributed by atoms with Crippen LogP contribution < -0.4 is 56.5 Å². The summed E-state index contributed by atoms with van der Waals surface area (Å²) in [4.78, 5) is 9.47. The fraction of sp³-hybridized carbons (Fsp3) is 0.250. The molecule has 34 valence electrons. The number of allylic oxidation sites excluding steroid dienone is 1. The molecule has 0 N–H and O–H groups in total. The summed E-state index contributed by atoms with van der Waals surface area (Å²) < 4.78 is 0. The molecule has 0 bridgehead atoms. The number of carbonyl (C=O) groups is 1. The minimum Gasteiger partial charge on any atom is -0.878 e. The standard InChI is InChI=1S/C4H6O2.K/c1-4(2-5)3-6;/h2-3,5H,1H3;/q;+1/p-1/b4-2+;. The molecule has 3 heteroatoms. The summed E-state index contributed by atoms with van der Waals surface area (Å²) in [6.07, 6.45) is 1.04. The normalized spacial score (nSPS) is 9.57. The van der Waals surface area contributed by atoms with E-state index >= 15 is 0 Å². The molecular formula is C4H5KO2. The molecular weight excluding hydrogens is 119 g/mol. The minimum atomic E-state index is 0. The molecule has 0 aliphatic heterocycles. The maximum Gasteiger partial charge on any atom is 1.00 e. The smallest absolute Gasteiger partial charge is 0.878 e. The van der Waals surface area contributed by atoms with Crippen LogP contribution in [0.4, 0.5) is 0 Å². The maximum absolute atomic E-state index is 9.47. The Kier molecular flexibility index (Phi) is 10.5. The molecule has 0 heterocycles. The third-order valence-electron chi connectivity index (χ3n) is 0.372. The van der Waals surface area contributed by atoms with Gasteiger partial charge in [-0.2, -0.15) is 0 Å². The van der Waals surface area contributed by atoms with Crippen molar-refractivity contribution in [1.82, 2.24) is 0 Å². The topological polar surface area (TPSA) is 40.1 Å². The summed E-state index contributed by atoms with van der Waals surface area (Å²) >= 11 is 0. The number of rotatable bonds is 1. The Morgan fingerprint density at radius 3 is 2.14 bits per heavy atom. The van der Waals surface area contributed by atoms with Crippen molar-refractivity contribution in [3.8, 4) is 0 Å². The maximum atomic E-state index is 9.47. The molecule has 0 atom stereocenters. The first-order valence-electron chi connectivity index (χ1n) is 1.55. The van der Waals surface area contributed by atoms with Crippen molar-refractivity contribution < 1.29 is 61.3 Å². The fourth-order valence-corrected chi connectivity index (χ4v) is 0.0278. The van der Waals surface area contributed by atoms with Gasteiger partial charge in [-0.15, -0.1) is 6.26 Å². The van der Waals surface area contributed by atoms with Crippen LogP contribution >= 0.6 is 0 Å². The largest absolute Gasteiger partial charge is 1.00 e. The number of hydrogen-bond acceptors (Lipinski definition) is 2. The van der Waals surface area contributed by atoms with Crippen molar-refractivity contribution in [3.05, 3.63) is 11.8 Å². The monoisotopic (exact) mass is 124 g/mol. The zero-order chi connectivity index (χ0) is 4.99. The Hall–Kier alpha value is 0.846. The van der Waals surface area contributed by atoms with Gasteiger partial charge in [0.25, 0.3) is 0 Å². The first-order valence-corrected chi connectivity index (χ1v) is 1.55. The summed E-state index contributed by atoms with van der Waals surface area (Å²) in [5, 5.41) is 9.47. The van der Waals surface area contributed by atoms with E-state index in [2.05, 4.69) is 0 Å². The van der Waals surface area contributed by atoms with Crippen molar-refractivity contribution in [1.29, 1.82) is 0 Å².